The summed E-state index contributed by atoms with van der Waals surface area (Å²) in [5.41, 5.74) is 0.559. The van der Waals surface area contributed by atoms with Crippen LogP contribution in [0.5, 0.6) is 0 Å². The summed E-state index contributed by atoms with van der Waals surface area (Å²) in [6, 6.07) is 26.4. The number of carbonyl (C=O) groups excluding carboxylic acids is 2. The summed E-state index contributed by atoms with van der Waals surface area (Å²) in [6.45, 7) is 1.19. The van der Waals surface area contributed by atoms with Crippen LogP contribution in [0.4, 0.5) is 14.5 Å². The summed E-state index contributed by atoms with van der Waals surface area (Å²) in [4.78, 5) is 29.0. The minimum atomic E-state index is -4.44. The van der Waals surface area contributed by atoms with Gasteiger partial charge in [0.15, 0.2) is 0 Å². The molecule has 0 fully saturated rings. The van der Waals surface area contributed by atoms with Gasteiger partial charge in [0, 0.05) is 25.1 Å². The number of rotatable bonds is 14. The van der Waals surface area contributed by atoms with Gasteiger partial charge in [0.05, 0.1) is 10.6 Å². The molecule has 0 aliphatic carbocycles. The maximum atomic E-state index is 15.1. The summed E-state index contributed by atoms with van der Waals surface area (Å²) < 4.78 is 58.5. The summed E-state index contributed by atoms with van der Waals surface area (Å²) in [6.07, 6.45) is 1.63. The van der Waals surface area contributed by atoms with Crippen LogP contribution < -0.4 is 9.62 Å². The number of carbonyl (C=O) groups is 2. The highest BCUT2D eigenvalue weighted by Crippen LogP contribution is 2.27. The van der Waals surface area contributed by atoms with Gasteiger partial charge in [0.1, 0.15) is 24.2 Å². The first-order valence-corrected chi connectivity index (χ1v) is 15.8. The average Bonchev–Trinajstić information content (AvgIpc) is 3.03. The molecule has 44 heavy (non-hydrogen) atoms. The Balaban J connectivity index is 1.80. The summed E-state index contributed by atoms with van der Waals surface area (Å²) in [5.74, 6) is -2.70. The van der Waals surface area contributed by atoms with Gasteiger partial charge in [-0.25, -0.2) is 17.2 Å². The van der Waals surface area contributed by atoms with E-state index in [0.717, 1.165) is 18.1 Å². The largest absolute Gasteiger partial charge is 0.354 e. The molecule has 0 aromatic heterocycles. The zero-order chi connectivity index (χ0) is 31.5. The Hall–Kier alpha value is -4.57. The predicted molar refractivity (Wildman–Crippen MR) is 166 cm³/mol. The van der Waals surface area contributed by atoms with E-state index in [1.54, 1.807) is 24.3 Å². The molecule has 2 amide bonds. The molecule has 230 valence electrons. The molecule has 10 heteroatoms. The van der Waals surface area contributed by atoms with Crippen LogP contribution in [0, 0.1) is 11.6 Å². The van der Waals surface area contributed by atoms with Gasteiger partial charge in [-0.3, -0.25) is 13.9 Å². The fourth-order valence-electron chi connectivity index (χ4n) is 4.76. The lowest BCUT2D eigenvalue weighted by Crippen LogP contribution is -2.53. The number of amides is 2. The smallest absolute Gasteiger partial charge is 0.264 e. The summed E-state index contributed by atoms with van der Waals surface area (Å²) in [5, 5.41) is 2.87. The highest BCUT2D eigenvalue weighted by atomic mass is 32.2. The second-order valence-electron chi connectivity index (χ2n) is 10.2. The molecular weight excluding hydrogens is 584 g/mol. The Bertz CT molecular complexity index is 1650. The van der Waals surface area contributed by atoms with Crippen molar-refractivity contribution in [1.82, 2.24) is 10.2 Å². The summed E-state index contributed by atoms with van der Waals surface area (Å²) in [7, 11) is -4.44. The number of halogens is 2. The van der Waals surface area contributed by atoms with Crippen LogP contribution in [0.1, 0.15) is 30.9 Å². The number of unbranched alkanes of at least 4 members (excludes halogenated alkanes) is 1. The first kappa shape index (κ1) is 32.3. The van der Waals surface area contributed by atoms with Gasteiger partial charge in [-0.15, -0.1) is 0 Å². The van der Waals surface area contributed by atoms with Crippen LogP contribution in [0.3, 0.4) is 0 Å². The topological polar surface area (TPSA) is 86.8 Å². The van der Waals surface area contributed by atoms with Crippen LogP contribution in [0.25, 0.3) is 0 Å². The van der Waals surface area contributed by atoms with E-state index in [-0.39, 0.29) is 29.1 Å². The minimum absolute atomic E-state index is 0.0874. The normalized spacial score (nSPS) is 11.9. The van der Waals surface area contributed by atoms with Crippen molar-refractivity contribution in [1.29, 1.82) is 0 Å². The molecule has 4 rings (SSSR count). The minimum Gasteiger partial charge on any atom is -0.354 e. The highest BCUT2D eigenvalue weighted by Gasteiger charge is 2.35. The number of benzene rings is 4. The highest BCUT2D eigenvalue weighted by molar-refractivity contribution is 7.92. The van der Waals surface area contributed by atoms with E-state index >= 15 is 4.39 Å². The van der Waals surface area contributed by atoms with Crippen molar-refractivity contribution in [2.75, 3.05) is 17.4 Å². The number of sulfonamides is 1. The third-order valence-corrected chi connectivity index (χ3v) is 8.90. The van der Waals surface area contributed by atoms with Crippen LogP contribution in [-0.4, -0.2) is 44.3 Å². The lowest BCUT2D eigenvalue weighted by molar-refractivity contribution is -0.140. The molecular formula is C34H35F2N3O4S. The molecule has 0 bridgehead atoms. The standard InChI is InChI=1S/C34H35F2N3O4S/c1-2-3-22-37-34(41)32(23-26-14-6-4-7-15-26)38(24-27-16-10-11-19-29(27)35)33(40)25-39(31-21-13-12-20-30(31)36)44(42,43)28-17-8-5-9-18-28/h4-21,32H,2-3,22-25H2,1H3,(H,37,41)/t32-/m0/s1. The maximum Gasteiger partial charge on any atom is 0.264 e. The summed E-state index contributed by atoms with van der Waals surface area (Å²) >= 11 is 0. The van der Waals surface area contributed by atoms with E-state index in [1.807, 2.05) is 25.1 Å². The van der Waals surface area contributed by atoms with Gasteiger partial charge in [-0.05, 0) is 42.3 Å². The molecule has 0 heterocycles. The molecule has 4 aromatic carbocycles. The van der Waals surface area contributed by atoms with E-state index < -0.39 is 46.1 Å². The van der Waals surface area contributed by atoms with Gasteiger partial charge in [0.25, 0.3) is 10.0 Å². The van der Waals surface area contributed by atoms with Crippen molar-refractivity contribution in [3.8, 4) is 0 Å². The Morgan fingerprint density at radius 3 is 2.02 bits per heavy atom. The number of hydrogen-bond donors (Lipinski definition) is 1. The van der Waals surface area contributed by atoms with E-state index in [1.165, 1.54) is 65.6 Å². The van der Waals surface area contributed by atoms with Crippen molar-refractivity contribution < 1.29 is 26.8 Å². The SMILES string of the molecule is CCCCNC(=O)[C@H](Cc1ccccc1)N(Cc1ccccc1F)C(=O)CN(c1ccccc1F)S(=O)(=O)c1ccccc1. The fraction of sp³-hybridized carbons (Fsp3) is 0.235. The predicted octanol–water partition coefficient (Wildman–Crippen LogP) is 5.72. The number of nitrogens with zero attached hydrogens (tertiary/aromatic N) is 2. The van der Waals surface area contributed by atoms with Crippen LogP contribution in [-0.2, 0) is 32.6 Å². The Morgan fingerprint density at radius 1 is 0.795 bits per heavy atom. The molecule has 0 saturated carbocycles. The Kier molecular flexibility index (Phi) is 11.2. The van der Waals surface area contributed by atoms with E-state index in [9.17, 15) is 22.4 Å². The van der Waals surface area contributed by atoms with Crippen molar-refractivity contribution in [2.45, 2.75) is 43.7 Å². The molecule has 0 aliphatic rings. The molecule has 7 nitrogen and oxygen atoms in total. The van der Waals surface area contributed by atoms with Crippen LogP contribution >= 0.6 is 0 Å². The number of para-hydroxylation sites is 1. The lowest BCUT2D eigenvalue weighted by Gasteiger charge is -2.34. The molecule has 4 aromatic rings. The van der Waals surface area contributed by atoms with Gasteiger partial charge in [-0.1, -0.05) is 92.2 Å². The van der Waals surface area contributed by atoms with Gasteiger partial charge in [-0.2, -0.15) is 0 Å². The zero-order valence-corrected chi connectivity index (χ0v) is 25.2. The average molecular weight is 620 g/mol. The second kappa shape index (κ2) is 15.2. The monoisotopic (exact) mass is 619 g/mol. The van der Waals surface area contributed by atoms with Crippen molar-refractivity contribution >= 4 is 27.5 Å². The molecule has 0 spiro atoms. The molecule has 1 atom stereocenters. The Labute approximate surface area is 257 Å². The van der Waals surface area contributed by atoms with Gasteiger partial charge in [0.2, 0.25) is 11.8 Å². The number of nitrogens with one attached hydrogen (secondary N) is 1. The van der Waals surface area contributed by atoms with Gasteiger partial charge >= 0.3 is 0 Å². The third kappa shape index (κ3) is 8.08. The molecule has 0 unspecified atom stereocenters. The van der Waals surface area contributed by atoms with Crippen LogP contribution in [0.15, 0.2) is 114 Å². The van der Waals surface area contributed by atoms with E-state index in [2.05, 4.69) is 5.32 Å². The van der Waals surface area contributed by atoms with Gasteiger partial charge < -0.3 is 10.2 Å². The quantitative estimate of drug-likeness (QED) is 0.183. The number of anilines is 1. The second-order valence-corrected chi connectivity index (χ2v) is 12.1. The zero-order valence-electron chi connectivity index (χ0n) is 24.4. The molecule has 0 aliphatic heterocycles. The van der Waals surface area contributed by atoms with Crippen LogP contribution in [0.2, 0.25) is 0 Å². The number of hydrogen-bond acceptors (Lipinski definition) is 4. The van der Waals surface area contributed by atoms with E-state index in [0.29, 0.717) is 17.3 Å². The first-order chi connectivity index (χ1) is 21.2. The van der Waals surface area contributed by atoms with Crippen molar-refractivity contribution in [2.24, 2.45) is 0 Å². The molecule has 0 saturated heterocycles. The van der Waals surface area contributed by atoms with E-state index in [4.69, 9.17) is 0 Å². The fourth-order valence-corrected chi connectivity index (χ4v) is 6.20. The van der Waals surface area contributed by atoms with Crippen molar-refractivity contribution in [3.63, 3.8) is 0 Å². The molecule has 1 N–H and O–H groups in total. The Morgan fingerprint density at radius 2 is 1.39 bits per heavy atom. The lowest BCUT2D eigenvalue weighted by atomic mass is 10.0. The maximum absolute atomic E-state index is 15.1. The third-order valence-electron chi connectivity index (χ3n) is 7.13. The first-order valence-electron chi connectivity index (χ1n) is 14.4. The van der Waals surface area contributed by atoms with Crippen molar-refractivity contribution in [3.05, 3.63) is 132 Å². The molecule has 0 radical (unpaired) electrons.